The average molecular weight is 211 g/mol. The fourth-order valence-electron chi connectivity index (χ4n) is 2.04. The van der Waals surface area contributed by atoms with Crippen LogP contribution in [0.2, 0.25) is 0 Å². The zero-order valence-corrected chi connectivity index (χ0v) is 8.51. The third kappa shape index (κ3) is 2.02. The second kappa shape index (κ2) is 3.89. The molecule has 0 spiro atoms. The van der Waals surface area contributed by atoms with Gasteiger partial charge >= 0.3 is 0 Å². The molecule has 1 aliphatic carbocycles. The summed E-state index contributed by atoms with van der Waals surface area (Å²) in [6.45, 7) is 1.51. The molecule has 5 heteroatoms. The van der Waals surface area contributed by atoms with E-state index in [1.165, 1.54) is 6.92 Å². The lowest BCUT2D eigenvalue weighted by Gasteiger charge is -2.15. The van der Waals surface area contributed by atoms with Crippen LogP contribution >= 0.6 is 0 Å². The van der Waals surface area contributed by atoms with E-state index in [4.69, 9.17) is 19.8 Å². The summed E-state index contributed by atoms with van der Waals surface area (Å²) in [4.78, 5) is 20.4. The topological polar surface area (TPSA) is 68.5 Å². The zero-order chi connectivity index (χ0) is 10.9. The molecule has 15 heavy (non-hydrogen) atoms. The average Bonchev–Trinajstić information content (AvgIpc) is 2.84. The van der Waals surface area contributed by atoms with E-state index in [2.05, 4.69) is 0 Å². The number of carbonyl (C=O) groups excluding carboxylic acids is 1. The molecule has 0 aromatic rings. The highest BCUT2D eigenvalue weighted by molar-refractivity contribution is 5.53. The summed E-state index contributed by atoms with van der Waals surface area (Å²) in [5.41, 5.74) is 0. The molecule has 0 N–H and O–H groups in total. The molecule has 0 aromatic carbocycles. The van der Waals surface area contributed by atoms with Gasteiger partial charge < -0.3 is 9.53 Å². The summed E-state index contributed by atoms with van der Waals surface area (Å²) in [5.74, 6) is -1.06. The summed E-state index contributed by atoms with van der Waals surface area (Å²) < 4.78 is 5.35. The van der Waals surface area contributed by atoms with E-state index in [1.807, 2.05) is 6.07 Å². The molecule has 2 rings (SSSR count). The third-order valence-corrected chi connectivity index (χ3v) is 2.94. The number of ether oxygens (including phenoxy) is 1. The Hall–Kier alpha value is -0.960. The van der Waals surface area contributed by atoms with Crippen molar-refractivity contribution >= 4 is 6.29 Å². The van der Waals surface area contributed by atoms with Crippen molar-refractivity contribution in [3.05, 3.63) is 0 Å². The van der Waals surface area contributed by atoms with Gasteiger partial charge in [-0.2, -0.15) is 15.0 Å². The molecular weight excluding hydrogens is 198 g/mol. The Balaban J connectivity index is 1.93. The molecule has 0 aromatic heterocycles. The van der Waals surface area contributed by atoms with Crippen LogP contribution in [0.25, 0.3) is 0 Å². The van der Waals surface area contributed by atoms with E-state index in [9.17, 15) is 4.79 Å². The minimum absolute atomic E-state index is 0.0936. The van der Waals surface area contributed by atoms with Crippen molar-refractivity contribution in [1.29, 1.82) is 5.26 Å². The van der Waals surface area contributed by atoms with E-state index < -0.39 is 12.1 Å². The molecule has 1 saturated carbocycles. The summed E-state index contributed by atoms with van der Waals surface area (Å²) in [6.07, 6.45) is 2.94. The van der Waals surface area contributed by atoms with Crippen molar-refractivity contribution in [2.45, 2.75) is 38.3 Å². The Morgan fingerprint density at radius 1 is 1.53 bits per heavy atom. The van der Waals surface area contributed by atoms with Crippen molar-refractivity contribution in [2.24, 2.45) is 11.8 Å². The molecule has 0 radical (unpaired) electrons. The first-order chi connectivity index (χ1) is 7.17. The molecule has 0 bridgehead atoms. The van der Waals surface area contributed by atoms with E-state index in [-0.39, 0.29) is 11.8 Å². The first kappa shape index (κ1) is 10.6. The van der Waals surface area contributed by atoms with Gasteiger partial charge in [0.2, 0.25) is 0 Å². The van der Waals surface area contributed by atoms with Crippen molar-refractivity contribution in [3.8, 4) is 6.07 Å². The normalized spacial score (nSPS) is 45.2. The summed E-state index contributed by atoms with van der Waals surface area (Å²) >= 11 is 0. The van der Waals surface area contributed by atoms with Crippen molar-refractivity contribution in [2.75, 3.05) is 0 Å². The fourth-order valence-corrected chi connectivity index (χ4v) is 2.04. The fraction of sp³-hybridized carbons (Fsp3) is 0.800. The molecule has 2 unspecified atom stereocenters. The molecule has 4 atom stereocenters. The number of hydrogen-bond acceptors (Lipinski definition) is 5. The Bertz CT molecular complexity index is 300. The largest absolute Gasteiger partial charge is 0.303 e. The highest BCUT2D eigenvalue weighted by Crippen LogP contribution is 2.38. The van der Waals surface area contributed by atoms with Gasteiger partial charge in [-0.25, -0.2) is 0 Å². The van der Waals surface area contributed by atoms with Gasteiger partial charge in [-0.1, -0.05) is 0 Å². The lowest BCUT2D eigenvalue weighted by atomic mass is 10.1. The Labute approximate surface area is 87.8 Å². The van der Waals surface area contributed by atoms with Crippen LogP contribution in [0.15, 0.2) is 0 Å². The first-order valence-electron chi connectivity index (χ1n) is 5.06. The van der Waals surface area contributed by atoms with E-state index >= 15 is 0 Å². The van der Waals surface area contributed by atoms with E-state index in [0.717, 1.165) is 25.5 Å². The number of rotatable bonds is 2. The summed E-state index contributed by atoms with van der Waals surface area (Å²) in [6, 6.07) is 1.88. The van der Waals surface area contributed by atoms with Crippen LogP contribution in [-0.4, -0.2) is 18.4 Å². The highest BCUT2D eigenvalue weighted by Gasteiger charge is 2.45. The predicted octanol–water partition coefficient (Wildman–Crippen LogP) is 1.15. The Kier molecular flexibility index (Phi) is 2.74. The van der Waals surface area contributed by atoms with Crippen LogP contribution in [-0.2, 0) is 19.3 Å². The molecule has 1 heterocycles. The molecule has 1 aliphatic heterocycles. The molecule has 5 nitrogen and oxygen atoms in total. The highest BCUT2D eigenvalue weighted by atomic mass is 17.3. The van der Waals surface area contributed by atoms with Crippen LogP contribution in [0.4, 0.5) is 0 Å². The predicted molar refractivity (Wildman–Crippen MR) is 48.0 cm³/mol. The number of nitrogens with zero attached hydrogens (tertiary/aromatic N) is 1. The third-order valence-electron chi connectivity index (χ3n) is 2.94. The van der Waals surface area contributed by atoms with Crippen molar-refractivity contribution in [1.82, 2.24) is 0 Å². The van der Waals surface area contributed by atoms with Crippen LogP contribution in [0.3, 0.4) is 0 Å². The van der Waals surface area contributed by atoms with Crippen molar-refractivity contribution in [3.63, 3.8) is 0 Å². The van der Waals surface area contributed by atoms with Gasteiger partial charge in [-0.3, -0.25) is 0 Å². The van der Waals surface area contributed by atoms with Crippen LogP contribution < -0.4 is 0 Å². The molecule has 82 valence electrons. The Morgan fingerprint density at radius 2 is 2.33 bits per heavy atom. The van der Waals surface area contributed by atoms with Gasteiger partial charge in [-0.15, -0.1) is 0 Å². The van der Waals surface area contributed by atoms with Gasteiger partial charge in [0.05, 0.1) is 0 Å². The van der Waals surface area contributed by atoms with Crippen molar-refractivity contribution < 1.29 is 19.3 Å². The molecule has 0 amide bonds. The number of nitriles is 1. The van der Waals surface area contributed by atoms with Gasteiger partial charge in [0.1, 0.15) is 12.4 Å². The van der Waals surface area contributed by atoms with Gasteiger partial charge in [0.25, 0.3) is 5.79 Å². The maximum atomic E-state index is 10.6. The summed E-state index contributed by atoms with van der Waals surface area (Å²) in [5, 5.41) is 8.75. The van der Waals surface area contributed by atoms with Crippen LogP contribution in [0, 0.1) is 23.2 Å². The first-order valence-corrected chi connectivity index (χ1v) is 5.06. The lowest BCUT2D eigenvalue weighted by Crippen LogP contribution is -2.26. The van der Waals surface area contributed by atoms with Crippen LogP contribution in [0.5, 0.6) is 0 Å². The second-order valence-corrected chi connectivity index (χ2v) is 4.19. The number of carbonyl (C=O) groups is 1. The lowest BCUT2D eigenvalue weighted by molar-refractivity contribution is -0.316. The molecule has 2 fully saturated rings. The monoisotopic (exact) mass is 211 g/mol. The maximum Gasteiger partial charge on any atom is 0.288 e. The van der Waals surface area contributed by atoms with E-state index in [0.29, 0.717) is 0 Å². The number of hydrogen-bond donors (Lipinski definition) is 0. The SMILES string of the molecule is C[C@]1(C#N)OO[C@@H](C2CCC(C=O)C2)O1. The molecular formula is C10H13NO4. The number of aldehydes is 1. The van der Waals surface area contributed by atoms with E-state index in [1.54, 1.807) is 0 Å². The molecule has 1 saturated heterocycles. The standard InChI is InChI=1S/C10H13NO4/c1-10(6-11)13-9(14-15-10)8-3-2-7(4-8)5-12/h5,7-9H,2-4H2,1H3/t7?,8?,9-,10+/m0/s1. The minimum Gasteiger partial charge on any atom is -0.303 e. The van der Waals surface area contributed by atoms with Crippen LogP contribution in [0.1, 0.15) is 26.2 Å². The smallest absolute Gasteiger partial charge is 0.288 e. The zero-order valence-electron chi connectivity index (χ0n) is 8.51. The quantitative estimate of drug-likeness (QED) is 0.506. The van der Waals surface area contributed by atoms with Gasteiger partial charge in [-0.05, 0) is 19.3 Å². The van der Waals surface area contributed by atoms with Gasteiger partial charge in [0.15, 0.2) is 6.29 Å². The maximum absolute atomic E-state index is 10.6. The summed E-state index contributed by atoms with van der Waals surface area (Å²) in [7, 11) is 0. The molecule has 2 aliphatic rings. The minimum atomic E-state index is -1.30. The van der Waals surface area contributed by atoms with Gasteiger partial charge in [0, 0.05) is 18.8 Å². The second-order valence-electron chi connectivity index (χ2n) is 4.19. The Morgan fingerprint density at radius 3 is 2.87 bits per heavy atom.